The predicted octanol–water partition coefficient (Wildman–Crippen LogP) is 2.96. The molecule has 2 heterocycles. The fourth-order valence-corrected chi connectivity index (χ4v) is 4.87. The zero-order valence-corrected chi connectivity index (χ0v) is 18.5. The Morgan fingerprint density at radius 2 is 1.83 bits per heavy atom. The van der Waals surface area contributed by atoms with Crippen LogP contribution in [0.2, 0.25) is 6.82 Å². The lowest BCUT2D eigenvalue weighted by Crippen LogP contribution is -2.55. The second kappa shape index (κ2) is 10.6. The third-order valence-corrected chi connectivity index (χ3v) is 6.52. The van der Waals surface area contributed by atoms with Crippen LogP contribution in [0.4, 0.5) is 0 Å². The molecule has 0 bridgehead atoms. The maximum Gasteiger partial charge on any atom is 0.376 e. The number of nitrogens with zero attached hydrogens (tertiary/aromatic N) is 3. The minimum atomic E-state index is -0.375. The van der Waals surface area contributed by atoms with E-state index >= 15 is 0 Å². The number of benzene rings is 1. The number of piperazine rings is 1. The van der Waals surface area contributed by atoms with Crippen molar-refractivity contribution in [3.63, 3.8) is 0 Å². The number of hydrogen-bond donors (Lipinski definition) is 1. The van der Waals surface area contributed by atoms with Gasteiger partial charge in [0.2, 0.25) is 5.91 Å². The first-order valence-electron chi connectivity index (χ1n) is 11.4. The molecule has 1 aromatic carbocycles. The van der Waals surface area contributed by atoms with Crippen molar-refractivity contribution < 1.29 is 9.82 Å². The molecule has 29 heavy (non-hydrogen) atoms. The highest BCUT2D eigenvalue weighted by atomic mass is 16.2. The van der Waals surface area contributed by atoms with Crippen LogP contribution in [0.1, 0.15) is 45.1 Å². The quantitative estimate of drug-likeness (QED) is 0.717. The highest BCUT2D eigenvalue weighted by molar-refractivity contribution is 6.45. The molecule has 5 nitrogen and oxygen atoms in total. The maximum absolute atomic E-state index is 13.2. The van der Waals surface area contributed by atoms with E-state index in [1.165, 1.54) is 5.56 Å². The zero-order chi connectivity index (χ0) is 20.8. The molecule has 1 N–H and O–H groups in total. The summed E-state index contributed by atoms with van der Waals surface area (Å²) < 4.78 is 0. The first-order valence-corrected chi connectivity index (χ1v) is 11.4. The molecule has 160 valence electrons. The van der Waals surface area contributed by atoms with Gasteiger partial charge in [-0.3, -0.25) is 9.69 Å². The van der Waals surface area contributed by atoms with Crippen molar-refractivity contribution in [2.24, 2.45) is 11.8 Å². The molecule has 2 aliphatic rings. The van der Waals surface area contributed by atoms with Crippen molar-refractivity contribution in [3.05, 3.63) is 35.9 Å². The van der Waals surface area contributed by atoms with Gasteiger partial charge in [0.15, 0.2) is 0 Å². The molecule has 2 saturated heterocycles. The van der Waals surface area contributed by atoms with E-state index in [0.29, 0.717) is 30.2 Å². The monoisotopic (exact) mass is 399 g/mol. The second-order valence-corrected chi connectivity index (χ2v) is 9.41. The minimum absolute atomic E-state index is 0.317. The first-order chi connectivity index (χ1) is 13.9. The summed E-state index contributed by atoms with van der Waals surface area (Å²) in [4.78, 5) is 20.0. The topological polar surface area (TPSA) is 47.0 Å². The van der Waals surface area contributed by atoms with E-state index in [1.54, 1.807) is 0 Å². The molecule has 1 aromatic rings. The molecule has 1 amide bonds. The van der Waals surface area contributed by atoms with E-state index < -0.39 is 0 Å². The average molecular weight is 399 g/mol. The Kier molecular flexibility index (Phi) is 8.16. The molecule has 6 heteroatoms. The summed E-state index contributed by atoms with van der Waals surface area (Å²) >= 11 is 0. The Morgan fingerprint density at radius 3 is 2.45 bits per heavy atom. The zero-order valence-electron chi connectivity index (χ0n) is 18.5. The molecule has 1 atom stereocenters. The number of rotatable bonds is 7. The lowest BCUT2D eigenvalue weighted by atomic mass is 9.80. The summed E-state index contributed by atoms with van der Waals surface area (Å²) in [6, 6.07) is 11.0. The van der Waals surface area contributed by atoms with E-state index in [9.17, 15) is 9.82 Å². The normalized spacial score (nSPS) is 22.2. The van der Waals surface area contributed by atoms with Crippen LogP contribution in [-0.4, -0.2) is 71.4 Å². The van der Waals surface area contributed by atoms with Gasteiger partial charge in [-0.2, -0.15) is 0 Å². The SMILES string of the molecule is CB(O)N1CCC(CC(=O)N2CCN(Cc3ccccc3)C[C@@H]2CC(C)C)CC1. The van der Waals surface area contributed by atoms with Gasteiger partial charge in [-0.1, -0.05) is 44.2 Å². The van der Waals surface area contributed by atoms with Crippen LogP contribution < -0.4 is 0 Å². The highest BCUT2D eigenvalue weighted by Crippen LogP contribution is 2.25. The molecule has 2 fully saturated rings. The molecule has 0 radical (unpaired) electrons. The van der Waals surface area contributed by atoms with Gasteiger partial charge in [-0.25, -0.2) is 0 Å². The average Bonchev–Trinajstić information content (AvgIpc) is 2.69. The van der Waals surface area contributed by atoms with Gasteiger partial charge in [0, 0.05) is 38.6 Å². The Labute approximate surface area is 177 Å². The molecular weight excluding hydrogens is 361 g/mol. The van der Waals surface area contributed by atoms with E-state index in [0.717, 1.165) is 58.5 Å². The molecule has 0 aromatic heterocycles. The van der Waals surface area contributed by atoms with Gasteiger partial charge in [0.25, 0.3) is 0 Å². The van der Waals surface area contributed by atoms with Crippen molar-refractivity contribution in [1.29, 1.82) is 0 Å². The maximum atomic E-state index is 13.2. The number of carbonyl (C=O) groups excluding carboxylic acids is 1. The number of piperidine rings is 1. The Morgan fingerprint density at radius 1 is 1.14 bits per heavy atom. The standard InChI is InChI=1S/C23H38BN3O2/c1-19(2)15-22-18-25(17-21-7-5-4-6-8-21)13-14-27(22)23(28)16-20-9-11-26(12-10-20)24(3)29/h4-8,19-20,22,29H,9-18H2,1-3H3/t22-/m0/s1. The van der Waals surface area contributed by atoms with Crippen molar-refractivity contribution >= 4 is 13.0 Å². The Bertz CT molecular complexity index is 632. The largest absolute Gasteiger partial charge is 0.437 e. The first kappa shape index (κ1) is 22.3. The number of hydrogen-bond acceptors (Lipinski definition) is 4. The van der Waals surface area contributed by atoms with Crippen LogP contribution in [0.15, 0.2) is 30.3 Å². The summed E-state index contributed by atoms with van der Waals surface area (Å²) in [5.41, 5.74) is 1.35. The third-order valence-electron chi connectivity index (χ3n) is 6.52. The van der Waals surface area contributed by atoms with Gasteiger partial charge in [0.05, 0.1) is 0 Å². The van der Waals surface area contributed by atoms with Crippen LogP contribution in [0.3, 0.4) is 0 Å². The molecule has 3 rings (SSSR count). The van der Waals surface area contributed by atoms with Crippen LogP contribution in [0.25, 0.3) is 0 Å². The van der Waals surface area contributed by atoms with Gasteiger partial charge < -0.3 is 14.7 Å². The Balaban J connectivity index is 1.55. The van der Waals surface area contributed by atoms with Crippen LogP contribution in [0, 0.1) is 11.8 Å². The fraction of sp³-hybridized carbons (Fsp3) is 0.696. The van der Waals surface area contributed by atoms with Crippen molar-refractivity contribution in [3.8, 4) is 0 Å². The van der Waals surface area contributed by atoms with Crippen molar-refractivity contribution in [2.75, 3.05) is 32.7 Å². The van der Waals surface area contributed by atoms with Gasteiger partial charge >= 0.3 is 7.05 Å². The molecule has 0 aliphatic carbocycles. The minimum Gasteiger partial charge on any atom is -0.437 e. The van der Waals surface area contributed by atoms with Gasteiger partial charge in [0.1, 0.15) is 0 Å². The third kappa shape index (κ3) is 6.56. The van der Waals surface area contributed by atoms with Crippen molar-refractivity contribution in [2.45, 2.75) is 58.9 Å². The van der Waals surface area contributed by atoms with E-state index in [2.05, 4.69) is 58.8 Å². The summed E-state index contributed by atoms with van der Waals surface area (Å²) in [6.07, 6.45) is 3.76. The van der Waals surface area contributed by atoms with Gasteiger partial charge in [-0.05, 0) is 56.6 Å². The molecule has 2 aliphatic heterocycles. The summed E-state index contributed by atoms with van der Waals surface area (Å²) in [7, 11) is -0.375. The van der Waals surface area contributed by atoms with E-state index in [1.807, 2.05) is 6.82 Å². The lowest BCUT2D eigenvalue weighted by molar-refractivity contribution is -0.138. The summed E-state index contributed by atoms with van der Waals surface area (Å²) in [5, 5.41) is 9.74. The van der Waals surface area contributed by atoms with E-state index in [4.69, 9.17) is 0 Å². The number of carbonyl (C=O) groups is 1. The smallest absolute Gasteiger partial charge is 0.376 e. The molecule has 0 saturated carbocycles. The second-order valence-electron chi connectivity index (χ2n) is 9.41. The van der Waals surface area contributed by atoms with Crippen LogP contribution >= 0.6 is 0 Å². The summed E-state index contributed by atoms with van der Waals surface area (Å²) in [5.74, 6) is 1.38. The van der Waals surface area contributed by atoms with Crippen LogP contribution in [-0.2, 0) is 11.3 Å². The molecule has 0 unspecified atom stereocenters. The van der Waals surface area contributed by atoms with Gasteiger partial charge in [-0.15, -0.1) is 0 Å². The summed E-state index contributed by atoms with van der Waals surface area (Å²) in [6.45, 7) is 11.9. The Hall–Kier alpha value is -1.37. The van der Waals surface area contributed by atoms with Crippen molar-refractivity contribution in [1.82, 2.24) is 14.6 Å². The van der Waals surface area contributed by atoms with Crippen LogP contribution in [0.5, 0.6) is 0 Å². The fourth-order valence-electron chi connectivity index (χ4n) is 4.87. The lowest BCUT2D eigenvalue weighted by Gasteiger charge is -2.43. The van der Waals surface area contributed by atoms with E-state index in [-0.39, 0.29) is 7.05 Å². The predicted molar refractivity (Wildman–Crippen MR) is 119 cm³/mol. The molecule has 0 spiro atoms. The highest BCUT2D eigenvalue weighted by Gasteiger charge is 2.33. The molecular formula is C23H38BN3O2. The number of amides is 1.